The van der Waals surface area contributed by atoms with E-state index in [1.54, 1.807) is 36.4 Å². The van der Waals surface area contributed by atoms with E-state index in [0.717, 1.165) is 0 Å². The molecule has 1 aliphatic rings. The average molecular weight is 413 g/mol. The van der Waals surface area contributed by atoms with Gasteiger partial charge in [0.1, 0.15) is 18.0 Å². The summed E-state index contributed by atoms with van der Waals surface area (Å²) in [6, 6.07) is 11.9. The van der Waals surface area contributed by atoms with Gasteiger partial charge in [0.25, 0.3) is 5.69 Å². The number of oxime groups is 1. The van der Waals surface area contributed by atoms with Crippen molar-refractivity contribution in [3.63, 3.8) is 0 Å². The van der Waals surface area contributed by atoms with E-state index >= 15 is 0 Å². The topological polar surface area (TPSA) is 104 Å². The summed E-state index contributed by atoms with van der Waals surface area (Å²) in [5.41, 5.74) is 1.65. The predicted molar refractivity (Wildman–Crippen MR) is 112 cm³/mol. The minimum atomic E-state index is -0.400. The number of para-hydroxylation sites is 1. The molecule has 0 N–H and O–H groups in total. The van der Waals surface area contributed by atoms with Gasteiger partial charge in [-0.2, -0.15) is 0 Å². The van der Waals surface area contributed by atoms with Crippen LogP contribution >= 0.6 is 0 Å². The Balaban J connectivity index is 1.54. The highest BCUT2D eigenvalue weighted by atomic mass is 16.6. The molecule has 1 fully saturated rings. The van der Waals surface area contributed by atoms with Crippen LogP contribution in [0.1, 0.15) is 22.8 Å². The van der Waals surface area contributed by atoms with Crippen molar-refractivity contribution in [2.24, 2.45) is 5.16 Å². The predicted octanol–water partition coefficient (Wildman–Crippen LogP) is 3.06. The van der Waals surface area contributed by atoms with Gasteiger partial charge in [-0.05, 0) is 25.1 Å². The van der Waals surface area contributed by atoms with Gasteiger partial charge in [0.2, 0.25) is 0 Å². The first-order chi connectivity index (χ1) is 14.6. The van der Waals surface area contributed by atoms with Crippen LogP contribution in [0.25, 0.3) is 0 Å². The summed E-state index contributed by atoms with van der Waals surface area (Å²) < 4.78 is 10.9. The molecule has 158 valence electrons. The van der Waals surface area contributed by atoms with Gasteiger partial charge < -0.3 is 19.2 Å². The summed E-state index contributed by atoms with van der Waals surface area (Å²) in [5.74, 6) is 0.415. The lowest BCUT2D eigenvalue weighted by atomic mass is 10.1. The molecule has 1 saturated heterocycles. The second-order valence-corrected chi connectivity index (χ2v) is 6.57. The van der Waals surface area contributed by atoms with E-state index in [9.17, 15) is 14.9 Å². The molecule has 1 heterocycles. The van der Waals surface area contributed by atoms with Crippen molar-refractivity contribution in [2.45, 2.75) is 6.92 Å². The average Bonchev–Trinajstić information content (AvgIpc) is 2.76. The molecule has 0 spiro atoms. The maximum absolute atomic E-state index is 11.6. The normalized spacial score (nSPS) is 14.0. The minimum absolute atomic E-state index is 0.0185. The summed E-state index contributed by atoms with van der Waals surface area (Å²) in [7, 11) is 0. The fourth-order valence-corrected chi connectivity index (χ4v) is 3.06. The Morgan fingerprint density at radius 2 is 2.00 bits per heavy atom. The number of anilines is 1. The lowest BCUT2D eigenvalue weighted by Crippen LogP contribution is -2.36. The third kappa shape index (κ3) is 5.54. The Bertz CT molecular complexity index is 925. The van der Waals surface area contributed by atoms with Crippen LogP contribution in [0.15, 0.2) is 47.6 Å². The number of carbonyl (C=O) groups excluding carboxylic acids is 1. The van der Waals surface area contributed by atoms with Crippen LogP contribution in [0.5, 0.6) is 5.75 Å². The zero-order chi connectivity index (χ0) is 21.3. The van der Waals surface area contributed by atoms with Crippen molar-refractivity contribution in [1.29, 1.82) is 0 Å². The molecule has 0 aromatic heterocycles. The van der Waals surface area contributed by atoms with Crippen LogP contribution in [0.3, 0.4) is 0 Å². The van der Waals surface area contributed by atoms with Crippen LogP contribution in [-0.2, 0) is 9.57 Å². The van der Waals surface area contributed by atoms with E-state index in [2.05, 4.69) is 5.16 Å². The quantitative estimate of drug-likeness (QED) is 0.205. The number of morpholine rings is 1. The number of rotatable bonds is 9. The number of nitro benzene ring substituents is 1. The lowest BCUT2D eigenvalue weighted by molar-refractivity contribution is -0.384. The van der Waals surface area contributed by atoms with Crippen LogP contribution in [0, 0.1) is 10.1 Å². The number of ketones is 1. The number of hydrogen-bond donors (Lipinski definition) is 0. The molecular formula is C21H23N3O6. The largest absolute Gasteiger partial charge is 0.489 e. The standard InChI is InChI=1S/C21H23N3O6/c1-16(25)18-4-2-3-5-21(18)29-12-13-30-22-15-17-6-7-19(20(14-17)24(26)27)23-8-10-28-11-9-23/h2-7,14-15H,8-13H2,1H3/b22-15+. The minimum Gasteiger partial charge on any atom is -0.489 e. The number of benzene rings is 2. The van der Waals surface area contributed by atoms with Gasteiger partial charge >= 0.3 is 0 Å². The van der Waals surface area contributed by atoms with Gasteiger partial charge in [-0.3, -0.25) is 14.9 Å². The monoisotopic (exact) mass is 413 g/mol. The third-order valence-corrected chi connectivity index (χ3v) is 4.52. The van der Waals surface area contributed by atoms with E-state index in [1.807, 2.05) is 4.90 Å². The number of ether oxygens (including phenoxy) is 2. The summed E-state index contributed by atoms with van der Waals surface area (Å²) in [4.78, 5) is 29.7. The Labute approximate surface area is 174 Å². The zero-order valence-electron chi connectivity index (χ0n) is 16.7. The van der Waals surface area contributed by atoms with E-state index in [4.69, 9.17) is 14.3 Å². The Morgan fingerprint density at radius 3 is 2.73 bits per heavy atom. The van der Waals surface area contributed by atoms with Crippen molar-refractivity contribution in [3.05, 3.63) is 63.7 Å². The molecule has 2 aromatic carbocycles. The van der Waals surface area contributed by atoms with Gasteiger partial charge in [-0.1, -0.05) is 23.4 Å². The second-order valence-electron chi connectivity index (χ2n) is 6.57. The maximum Gasteiger partial charge on any atom is 0.293 e. The molecule has 30 heavy (non-hydrogen) atoms. The highest BCUT2D eigenvalue weighted by molar-refractivity contribution is 5.96. The number of nitro groups is 1. The SMILES string of the molecule is CC(=O)c1ccccc1OCCO/N=C/c1ccc(N2CCOCC2)c([N+](=O)[O-])c1. The van der Waals surface area contributed by atoms with Crippen LogP contribution in [0.2, 0.25) is 0 Å². The fraction of sp³-hybridized carbons (Fsp3) is 0.333. The highest BCUT2D eigenvalue weighted by Crippen LogP contribution is 2.29. The number of carbonyl (C=O) groups is 1. The third-order valence-electron chi connectivity index (χ3n) is 4.52. The van der Waals surface area contributed by atoms with E-state index in [0.29, 0.717) is 48.9 Å². The molecule has 9 heteroatoms. The Morgan fingerprint density at radius 1 is 1.23 bits per heavy atom. The number of hydrogen-bond acceptors (Lipinski definition) is 8. The lowest BCUT2D eigenvalue weighted by Gasteiger charge is -2.28. The molecule has 0 radical (unpaired) electrons. The van der Waals surface area contributed by atoms with Gasteiger partial charge in [0.05, 0.1) is 29.9 Å². The van der Waals surface area contributed by atoms with E-state index in [1.165, 1.54) is 19.2 Å². The van der Waals surface area contributed by atoms with Gasteiger partial charge in [0.15, 0.2) is 12.4 Å². The van der Waals surface area contributed by atoms with Gasteiger partial charge in [-0.25, -0.2) is 0 Å². The first-order valence-corrected chi connectivity index (χ1v) is 9.55. The smallest absolute Gasteiger partial charge is 0.293 e. The highest BCUT2D eigenvalue weighted by Gasteiger charge is 2.21. The maximum atomic E-state index is 11.6. The fourth-order valence-electron chi connectivity index (χ4n) is 3.06. The molecule has 0 atom stereocenters. The molecule has 0 amide bonds. The summed E-state index contributed by atoms with van der Waals surface area (Å²) in [6.45, 7) is 4.18. The van der Waals surface area contributed by atoms with E-state index < -0.39 is 4.92 Å². The van der Waals surface area contributed by atoms with Crippen molar-refractivity contribution < 1.29 is 24.0 Å². The van der Waals surface area contributed by atoms with Crippen LogP contribution in [-0.4, -0.2) is 56.4 Å². The molecule has 0 bridgehead atoms. The second kappa shape index (κ2) is 10.4. The Hall–Kier alpha value is -3.46. The molecule has 1 aliphatic heterocycles. The van der Waals surface area contributed by atoms with Gasteiger partial charge in [0, 0.05) is 24.7 Å². The Kier molecular flexibility index (Phi) is 7.34. The molecular weight excluding hydrogens is 390 g/mol. The van der Waals surface area contributed by atoms with Crippen molar-refractivity contribution >= 4 is 23.4 Å². The van der Waals surface area contributed by atoms with E-state index in [-0.39, 0.29) is 24.7 Å². The molecule has 9 nitrogen and oxygen atoms in total. The zero-order valence-corrected chi connectivity index (χ0v) is 16.7. The number of nitrogens with zero attached hydrogens (tertiary/aromatic N) is 3. The summed E-state index contributed by atoms with van der Waals surface area (Å²) >= 11 is 0. The molecule has 0 unspecified atom stereocenters. The van der Waals surface area contributed by atoms with Crippen LogP contribution < -0.4 is 9.64 Å². The van der Waals surface area contributed by atoms with Crippen LogP contribution in [0.4, 0.5) is 11.4 Å². The van der Waals surface area contributed by atoms with Crippen molar-refractivity contribution in [1.82, 2.24) is 0 Å². The first-order valence-electron chi connectivity index (χ1n) is 9.55. The van der Waals surface area contributed by atoms with Crippen molar-refractivity contribution in [3.8, 4) is 5.75 Å². The molecule has 0 saturated carbocycles. The first kappa shape index (κ1) is 21.3. The molecule has 0 aliphatic carbocycles. The summed E-state index contributed by atoms with van der Waals surface area (Å²) in [6.07, 6.45) is 1.42. The van der Waals surface area contributed by atoms with Gasteiger partial charge in [-0.15, -0.1) is 0 Å². The molecule has 2 aromatic rings. The van der Waals surface area contributed by atoms with Crippen molar-refractivity contribution in [2.75, 3.05) is 44.4 Å². The molecule has 3 rings (SSSR count). The summed E-state index contributed by atoms with van der Waals surface area (Å²) in [5, 5.41) is 15.3. The number of Topliss-reactive ketones (excluding diaryl/α,β-unsaturated/α-hetero) is 1.